The third-order valence-electron chi connectivity index (χ3n) is 9.08. The topological polar surface area (TPSA) is 200 Å². The number of amides is 2. The van der Waals surface area contributed by atoms with Crippen molar-refractivity contribution in [2.75, 3.05) is 10.4 Å². The number of carbonyl (C=O) groups excluding carboxylic acids is 2. The van der Waals surface area contributed by atoms with Crippen LogP contribution in [0.3, 0.4) is 0 Å². The molecule has 0 aliphatic carbocycles. The van der Waals surface area contributed by atoms with Crippen molar-refractivity contribution >= 4 is 90.7 Å². The maximum Gasteiger partial charge on any atom is 0.285 e. The van der Waals surface area contributed by atoms with Crippen LogP contribution in [-0.2, 0) is 17.1 Å². The number of halogens is 2. The number of anilines is 2. The molecular weight excluding hydrogens is 875 g/mol. The first-order valence-corrected chi connectivity index (χ1v) is 19.0. The van der Waals surface area contributed by atoms with Gasteiger partial charge in [-0.3, -0.25) is 14.8 Å². The minimum atomic E-state index is -0.837. The van der Waals surface area contributed by atoms with Gasteiger partial charge in [0.25, 0.3) is 11.8 Å². The van der Waals surface area contributed by atoms with Gasteiger partial charge in [-0.25, -0.2) is 0 Å². The van der Waals surface area contributed by atoms with Crippen molar-refractivity contribution in [1.29, 1.82) is 0 Å². The van der Waals surface area contributed by atoms with Gasteiger partial charge in [0.05, 0.1) is 16.8 Å². The largest absolute Gasteiger partial charge is 0.506 e. The number of hydrogen-bond acceptors (Lipinski definition) is 11. The summed E-state index contributed by atoms with van der Waals surface area (Å²) >= 11 is 11.9. The van der Waals surface area contributed by atoms with E-state index < -0.39 is 17.6 Å². The van der Waals surface area contributed by atoms with E-state index in [-0.39, 0.29) is 73.9 Å². The van der Waals surface area contributed by atoms with Crippen LogP contribution in [0.15, 0.2) is 178 Å². The number of fused-ring (bicyclic) bond motifs is 2. The van der Waals surface area contributed by atoms with Crippen LogP contribution in [0.5, 0.6) is 23.0 Å². The van der Waals surface area contributed by atoms with Crippen molar-refractivity contribution in [2.45, 2.75) is 0 Å². The Balaban J connectivity index is 0.000000204. The van der Waals surface area contributed by atoms with Gasteiger partial charge < -0.3 is 25.7 Å². The molecule has 0 radical (unpaired) electrons. The summed E-state index contributed by atoms with van der Waals surface area (Å²) in [7, 11) is 0. The minimum absolute atomic E-state index is 0. The van der Waals surface area contributed by atoms with Crippen molar-refractivity contribution in [2.24, 2.45) is 20.5 Å². The molecule has 310 valence electrons. The molecule has 13 nitrogen and oxygen atoms in total. The first-order chi connectivity index (χ1) is 29.5. The molecule has 0 aliphatic heterocycles. The van der Waals surface area contributed by atoms with E-state index in [1.54, 1.807) is 97.1 Å². The van der Waals surface area contributed by atoms with E-state index in [1.807, 2.05) is 18.2 Å². The summed E-state index contributed by atoms with van der Waals surface area (Å²) in [5, 5.41) is 74.6. The van der Waals surface area contributed by atoms with Gasteiger partial charge in [0.2, 0.25) is 0 Å². The first-order valence-electron chi connectivity index (χ1n) is 18.2. The number of phenols is 4. The summed E-state index contributed by atoms with van der Waals surface area (Å²) in [6.45, 7) is 0. The molecule has 8 aromatic carbocycles. The second-order valence-electron chi connectivity index (χ2n) is 13.1. The van der Waals surface area contributed by atoms with Crippen LogP contribution in [0.25, 0.3) is 21.5 Å². The predicted octanol–water partition coefficient (Wildman–Crippen LogP) is 12.9. The minimum Gasteiger partial charge on any atom is -0.506 e. The number of nitrogens with one attached hydrogen (secondary N) is 1. The molecule has 0 fully saturated rings. The van der Waals surface area contributed by atoms with Crippen molar-refractivity contribution in [3.05, 3.63) is 179 Å². The Hall–Kier alpha value is -7.32. The average molecular weight is 908 g/mol. The number of aromatic hydroxyl groups is 4. The summed E-state index contributed by atoms with van der Waals surface area (Å²) in [6, 6.07) is 43.0. The third kappa shape index (κ3) is 9.99. The number of benzene rings is 8. The van der Waals surface area contributed by atoms with E-state index in [1.165, 1.54) is 42.5 Å². The van der Waals surface area contributed by atoms with Gasteiger partial charge in [0.1, 0.15) is 34.2 Å². The number of phenolic OH excluding ortho intramolecular Hbond substituents is 4. The van der Waals surface area contributed by atoms with Gasteiger partial charge in [-0.15, -0.1) is 20.5 Å². The Kier molecular flexibility index (Phi) is 14.1. The second-order valence-corrected chi connectivity index (χ2v) is 14.0. The standard InChI is InChI=1S/C23H16ClN3O4.C23H16ClN3O3.Fe/c24-15-10-11-20(28)19(13-15)25-26-21-17-9-5-4-6-14(17)12-18(22(21)29)23(30)27(31)16-7-2-1-3-8-16;24-15-10-11-20(28)19(13-15)26-27-21-17-9-5-4-6-14(17)12-18(22(21)29)23(30)25-16-7-2-1-3-8-16;/h1-13,28-29,31H;1-13,28-29H,(H,25,30);. The monoisotopic (exact) mass is 906 g/mol. The van der Waals surface area contributed by atoms with Crippen LogP contribution < -0.4 is 10.4 Å². The second kappa shape index (κ2) is 19.8. The number of para-hydroxylation sites is 2. The summed E-state index contributed by atoms with van der Waals surface area (Å²) in [5.41, 5.74) is 1.11. The Bertz CT molecular complexity index is 2990. The van der Waals surface area contributed by atoms with Gasteiger partial charge >= 0.3 is 0 Å². The maximum absolute atomic E-state index is 12.9. The van der Waals surface area contributed by atoms with E-state index in [4.69, 9.17) is 23.2 Å². The molecule has 62 heavy (non-hydrogen) atoms. The molecule has 8 aromatic rings. The van der Waals surface area contributed by atoms with E-state index >= 15 is 0 Å². The molecular formula is C46H32Cl2FeN6O7. The quantitative estimate of drug-likeness (QED) is 0.0377. The number of hydrogen-bond donors (Lipinski definition) is 6. The normalized spacial score (nSPS) is 11.0. The molecule has 0 saturated carbocycles. The summed E-state index contributed by atoms with van der Waals surface area (Å²) in [4.78, 5) is 25.7. The van der Waals surface area contributed by atoms with Crippen molar-refractivity contribution < 1.29 is 52.3 Å². The van der Waals surface area contributed by atoms with E-state index in [9.17, 15) is 35.2 Å². The van der Waals surface area contributed by atoms with E-state index in [0.717, 1.165) is 0 Å². The fraction of sp³-hybridized carbons (Fsp3) is 0. The van der Waals surface area contributed by atoms with Crippen LogP contribution in [0, 0.1) is 0 Å². The Morgan fingerprint density at radius 2 is 0.952 bits per heavy atom. The van der Waals surface area contributed by atoms with E-state index in [2.05, 4.69) is 25.8 Å². The number of carbonyl (C=O) groups is 2. The first kappa shape index (κ1) is 44.2. The Morgan fingerprint density at radius 1 is 0.516 bits per heavy atom. The van der Waals surface area contributed by atoms with Crippen LogP contribution in [0.2, 0.25) is 10.0 Å². The number of nitrogens with zero attached hydrogens (tertiary/aromatic N) is 5. The maximum atomic E-state index is 12.9. The molecule has 0 spiro atoms. The molecule has 16 heteroatoms. The number of rotatable bonds is 8. The zero-order valence-electron chi connectivity index (χ0n) is 31.9. The number of hydroxylamine groups is 1. The van der Waals surface area contributed by atoms with Crippen molar-refractivity contribution in [3.63, 3.8) is 0 Å². The molecule has 0 aliphatic rings. The molecule has 0 bridgehead atoms. The molecule has 0 aromatic heterocycles. The molecule has 0 saturated heterocycles. The molecule has 8 rings (SSSR count). The molecule has 2 amide bonds. The Morgan fingerprint density at radius 3 is 1.47 bits per heavy atom. The molecule has 0 atom stereocenters. The SMILES string of the molecule is O=C(Nc1ccccc1)c1cc2ccccc2c(N=Nc2cc(Cl)ccc2O)c1O.O=C(c1cc2ccccc2c(N=Nc2cc(Cl)ccc2O)c1O)N(O)c1ccccc1.[Fe]. The van der Waals surface area contributed by atoms with Crippen LogP contribution in [-0.4, -0.2) is 37.4 Å². The summed E-state index contributed by atoms with van der Waals surface area (Å²) in [5.74, 6) is -2.33. The fourth-order valence-corrected chi connectivity index (χ4v) is 6.39. The molecule has 0 unspecified atom stereocenters. The van der Waals surface area contributed by atoms with Gasteiger partial charge in [0.15, 0.2) is 11.5 Å². The zero-order chi connectivity index (χ0) is 43.0. The van der Waals surface area contributed by atoms with Crippen LogP contribution in [0.4, 0.5) is 34.1 Å². The average Bonchev–Trinajstić information content (AvgIpc) is 3.28. The smallest absolute Gasteiger partial charge is 0.285 e. The van der Waals surface area contributed by atoms with Crippen molar-refractivity contribution in [3.8, 4) is 23.0 Å². The molecule has 0 heterocycles. The summed E-state index contributed by atoms with van der Waals surface area (Å²) < 4.78 is 0. The molecule has 6 N–H and O–H groups in total. The Labute approximate surface area is 373 Å². The van der Waals surface area contributed by atoms with Gasteiger partial charge in [0, 0.05) is 43.6 Å². The fourth-order valence-electron chi connectivity index (χ4n) is 6.06. The zero-order valence-corrected chi connectivity index (χ0v) is 34.5. The third-order valence-corrected chi connectivity index (χ3v) is 9.55. The van der Waals surface area contributed by atoms with Gasteiger partial charge in [-0.1, -0.05) is 108 Å². The van der Waals surface area contributed by atoms with Gasteiger partial charge in [-0.2, -0.15) is 5.06 Å². The summed E-state index contributed by atoms with van der Waals surface area (Å²) in [6.07, 6.45) is 0. The van der Waals surface area contributed by atoms with Crippen molar-refractivity contribution in [1.82, 2.24) is 0 Å². The number of azo groups is 2. The predicted molar refractivity (Wildman–Crippen MR) is 235 cm³/mol. The van der Waals surface area contributed by atoms with Crippen LogP contribution >= 0.6 is 23.2 Å². The van der Waals surface area contributed by atoms with Crippen LogP contribution in [0.1, 0.15) is 20.7 Å². The van der Waals surface area contributed by atoms with Gasteiger partial charge in [-0.05, 0) is 83.6 Å². The van der Waals surface area contributed by atoms with E-state index in [0.29, 0.717) is 42.3 Å².